The largest absolute Gasteiger partial charge is 0.341 e. The molecular formula is C26H25N7O. The Morgan fingerprint density at radius 3 is 2.82 bits per heavy atom. The SMILES string of the molecule is C#Cc1cnc(Cn2ncc3nc(N4CCCNCC4)n(CC#CC)c3c2=O)c2ccccc12. The van der Waals surface area contributed by atoms with Crippen molar-refractivity contribution in [3.63, 3.8) is 0 Å². The van der Waals surface area contributed by atoms with Crippen LogP contribution in [0.4, 0.5) is 5.95 Å². The van der Waals surface area contributed by atoms with Crippen LogP contribution in [0.25, 0.3) is 21.8 Å². The summed E-state index contributed by atoms with van der Waals surface area (Å²) < 4.78 is 3.36. The van der Waals surface area contributed by atoms with Gasteiger partial charge in [-0.3, -0.25) is 14.3 Å². The average Bonchev–Trinajstić information content (AvgIpc) is 3.03. The summed E-state index contributed by atoms with van der Waals surface area (Å²) in [5.41, 5.74) is 2.33. The molecule has 0 amide bonds. The zero-order chi connectivity index (χ0) is 23.5. The molecule has 34 heavy (non-hydrogen) atoms. The Kier molecular flexibility index (Phi) is 5.99. The summed E-state index contributed by atoms with van der Waals surface area (Å²) >= 11 is 0. The highest BCUT2D eigenvalue weighted by Gasteiger charge is 2.21. The molecule has 0 bridgehead atoms. The highest BCUT2D eigenvalue weighted by Crippen LogP contribution is 2.23. The molecule has 1 aromatic carbocycles. The molecule has 0 spiro atoms. The molecule has 1 N–H and O–H groups in total. The maximum absolute atomic E-state index is 13.6. The summed E-state index contributed by atoms with van der Waals surface area (Å²) in [6, 6.07) is 7.81. The van der Waals surface area contributed by atoms with Crippen LogP contribution < -0.4 is 15.8 Å². The summed E-state index contributed by atoms with van der Waals surface area (Å²) in [6.45, 7) is 5.95. The molecule has 8 heteroatoms. The summed E-state index contributed by atoms with van der Waals surface area (Å²) in [5, 5.41) is 9.69. The van der Waals surface area contributed by atoms with Crippen LogP contribution in [0.1, 0.15) is 24.6 Å². The molecule has 4 heterocycles. The third kappa shape index (κ3) is 3.89. The van der Waals surface area contributed by atoms with Gasteiger partial charge >= 0.3 is 0 Å². The number of nitrogens with zero attached hydrogens (tertiary/aromatic N) is 6. The Morgan fingerprint density at radius 1 is 1.15 bits per heavy atom. The van der Waals surface area contributed by atoms with Crippen molar-refractivity contribution >= 4 is 27.8 Å². The number of fused-ring (bicyclic) bond motifs is 2. The first-order valence-corrected chi connectivity index (χ1v) is 11.4. The molecule has 1 aliphatic heterocycles. The first-order chi connectivity index (χ1) is 16.7. The molecule has 0 atom stereocenters. The zero-order valence-corrected chi connectivity index (χ0v) is 19.1. The third-order valence-corrected chi connectivity index (χ3v) is 6.10. The molecule has 1 saturated heterocycles. The van der Waals surface area contributed by atoms with Crippen LogP contribution in [0.5, 0.6) is 0 Å². The molecule has 0 saturated carbocycles. The quantitative estimate of drug-likeness (QED) is 0.478. The molecule has 5 rings (SSSR count). The zero-order valence-electron chi connectivity index (χ0n) is 19.1. The minimum absolute atomic E-state index is 0.214. The van der Waals surface area contributed by atoms with Gasteiger partial charge in [-0.05, 0) is 19.9 Å². The van der Waals surface area contributed by atoms with Crippen molar-refractivity contribution in [2.45, 2.75) is 26.4 Å². The van der Waals surface area contributed by atoms with Crippen molar-refractivity contribution in [1.29, 1.82) is 0 Å². The van der Waals surface area contributed by atoms with Crippen molar-refractivity contribution < 1.29 is 0 Å². The Morgan fingerprint density at radius 2 is 2.00 bits per heavy atom. The van der Waals surface area contributed by atoms with E-state index in [1.807, 2.05) is 28.8 Å². The maximum Gasteiger partial charge on any atom is 0.293 e. The smallest absolute Gasteiger partial charge is 0.293 e. The Hall–Kier alpha value is -4.14. The Bertz CT molecular complexity index is 1520. The number of rotatable bonds is 4. The minimum Gasteiger partial charge on any atom is -0.341 e. The summed E-state index contributed by atoms with van der Waals surface area (Å²) in [7, 11) is 0. The predicted octanol–water partition coefficient (Wildman–Crippen LogP) is 1.99. The number of nitrogens with one attached hydrogen (secondary N) is 1. The van der Waals surface area contributed by atoms with E-state index in [1.54, 1.807) is 19.3 Å². The molecule has 4 aromatic rings. The fourth-order valence-electron chi connectivity index (χ4n) is 4.42. The molecule has 1 fully saturated rings. The molecule has 3 aromatic heterocycles. The van der Waals surface area contributed by atoms with E-state index in [9.17, 15) is 4.79 Å². The average molecular weight is 452 g/mol. The summed E-state index contributed by atoms with van der Waals surface area (Å²) in [6.07, 6.45) is 9.99. The van der Waals surface area contributed by atoms with Gasteiger partial charge in [0.2, 0.25) is 5.95 Å². The number of pyridine rings is 1. The molecule has 1 aliphatic rings. The number of aromatic nitrogens is 5. The lowest BCUT2D eigenvalue weighted by Crippen LogP contribution is -2.31. The number of hydrogen-bond donors (Lipinski definition) is 1. The fraction of sp³-hybridized carbons (Fsp3) is 0.308. The first-order valence-electron chi connectivity index (χ1n) is 11.4. The normalized spacial score (nSPS) is 13.9. The number of imidazole rings is 1. The first kappa shape index (κ1) is 21.7. The van der Waals surface area contributed by atoms with E-state index in [4.69, 9.17) is 11.4 Å². The van der Waals surface area contributed by atoms with Crippen LogP contribution >= 0.6 is 0 Å². The molecule has 0 unspecified atom stereocenters. The van der Waals surface area contributed by atoms with Gasteiger partial charge in [-0.25, -0.2) is 9.67 Å². The second-order valence-electron chi connectivity index (χ2n) is 8.17. The second-order valence-corrected chi connectivity index (χ2v) is 8.17. The van der Waals surface area contributed by atoms with Gasteiger partial charge in [0, 0.05) is 36.6 Å². The lowest BCUT2D eigenvalue weighted by atomic mass is 10.1. The highest BCUT2D eigenvalue weighted by molar-refractivity contribution is 5.89. The maximum atomic E-state index is 13.6. The summed E-state index contributed by atoms with van der Waals surface area (Å²) in [5.74, 6) is 9.49. The standard InChI is InChI=1S/C26H25N7O/c1-3-5-14-32-24-22(30-26(32)31-13-8-11-27-12-15-31)17-29-33(25(24)34)18-23-21-10-7-6-9-20(21)19(4-2)16-28-23/h2,6-7,9-10,16-17,27H,8,11-15,18H2,1H3. The second kappa shape index (κ2) is 9.38. The van der Waals surface area contributed by atoms with Gasteiger partial charge in [-0.15, -0.1) is 12.3 Å². The van der Waals surface area contributed by atoms with E-state index in [0.29, 0.717) is 17.6 Å². The lowest BCUT2D eigenvalue weighted by molar-refractivity contribution is 0.634. The molecule has 8 nitrogen and oxygen atoms in total. The number of anilines is 1. The molecule has 0 radical (unpaired) electrons. The van der Waals surface area contributed by atoms with E-state index in [0.717, 1.165) is 60.6 Å². The van der Waals surface area contributed by atoms with E-state index < -0.39 is 0 Å². The van der Waals surface area contributed by atoms with Crippen LogP contribution in [0.2, 0.25) is 0 Å². The number of benzene rings is 1. The van der Waals surface area contributed by atoms with Crippen LogP contribution in [0, 0.1) is 24.2 Å². The van der Waals surface area contributed by atoms with Crippen LogP contribution in [0.3, 0.4) is 0 Å². The van der Waals surface area contributed by atoms with Crippen molar-refractivity contribution in [2.24, 2.45) is 0 Å². The summed E-state index contributed by atoms with van der Waals surface area (Å²) in [4.78, 5) is 25.2. The van der Waals surface area contributed by atoms with Crippen molar-refractivity contribution in [3.05, 3.63) is 58.3 Å². The highest BCUT2D eigenvalue weighted by atomic mass is 16.1. The van der Waals surface area contributed by atoms with E-state index in [1.165, 1.54) is 4.68 Å². The monoisotopic (exact) mass is 451 g/mol. The van der Waals surface area contributed by atoms with Crippen LogP contribution in [-0.2, 0) is 13.1 Å². The predicted molar refractivity (Wildman–Crippen MR) is 134 cm³/mol. The van der Waals surface area contributed by atoms with Crippen molar-refractivity contribution in [3.8, 4) is 24.2 Å². The fourth-order valence-corrected chi connectivity index (χ4v) is 4.42. The number of hydrogen-bond acceptors (Lipinski definition) is 6. The Labute approximate surface area is 197 Å². The topological polar surface area (TPSA) is 80.9 Å². The van der Waals surface area contributed by atoms with Gasteiger partial charge in [0.25, 0.3) is 5.56 Å². The van der Waals surface area contributed by atoms with Gasteiger partial charge in [0.1, 0.15) is 11.0 Å². The van der Waals surface area contributed by atoms with E-state index in [-0.39, 0.29) is 12.1 Å². The number of terminal acetylenes is 1. The van der Waals surface area contributed by atoms with Gasteiger partial charge < -0.3 is 10.2 Å². The van der Waals surface area contributed by atoms with Gasteiger partial charge in [-0.2, -0.15) is 5.10 Å². The Balaban J connectivity index is 1.62. The minimum atomic E-state index is -0.214. The van der Waals surface area contributed by atoms with E-state index >= 15 is 0 Å². The van der Waals surface area contributed by atoms with Crippen molar-refractivity contribution in [1.82, 2.24) is 29.6 Å². The van der Waals surface area contributed by atoms with Gasteiger partial charge in [0.05, 0.1) is 30.5 Å². The van der Waals surface area contributed by atoms with Gasteiger partial charge in [-0.1, -0.05) is 36.1 Å². The van der Waals surface area contributed by atoms with Gasteiger partial charge in [0.15, 0.2) is 0 Å². The van der Waals surface area contributed by atoms with E-state index in [2.05, 4.69) is 38.1 Å². The molecular weight excluding hydrogens is 426 g/mol. The third-order valence-electron chi connectivity index (χ3n) is 6.10. The molecule has 0 aliphatic carbocycles. The van der Waals surface area contributed by atoms with Crippen molar-refractivity contribution in [2.75, 3.05) is 31.1 Å². The van der Waals surface area contributed by atoms with Crippen LogP contribution in [0.15, 0.2) is 41.5 Å². The van der Waals surface area contributed by atoms with Crippen LogP contribution in [-0.4, -0.2) is 50.5 Å². The lowest BCUT2D eigenvalue weighted by Gasteiger charge is -2.21. The molecule has 170 valence electrons.